The third-order valence-corrected chi connectivity index (χ3v) is 3.44. The van der Waals surface area contributed by atoms with E-state index >= 15 is 0 Å². The monoisotopic (exact) mass is 275 g/mol. The summed E-state index contributed by atoms with van der Waals surface area (Å²) in [4.78, 5) is 0. The number of aromatic nitrogens is 4. The Morgan fingerprint density at radius 3 is 2.70 bits per heavy atom. The van der Waals surface area contributed by atoms with E-state index in [1.165, 1.54) is 0 Å². The molecule has 1 aromatic carbocycles. The van der Waals surface area contributed by atoms with Gasteiger partial charge in [-0.1, -0.05) is 13.8 Å². The lowest BCUT2D eigenvalue weighted by molar-refractivity contribution is 0.126. The molecule has 0 radical (unpaired) electrons. The molecule has 0 saturated carbocycles. The Bertz CT molecular complexity index is 579. The lowest BCUT2D eigenvalue weighted by Gasteiger charge is -2.21. The van der Waals surface area contributed by atoms with Crippen LogP contribution in [0.25, 0.3) is 11.4 Å². The molecule has 6 nitrogen and oxygen atoms in total. The molecule has 2 rings (SSSR count). The number of hydrogen-bond acceptors (Lipinski definition) is 5. The van der Waals surface area contributed by atoms with E-state index < -0.39 is 0 Å². The van der Waals surface area contributed by atoms with Crippen molar-refractivity contribution in [2.75, 3.05) is 19.5 Å². The van der Waals surface area contributed by atoms with E-state index in [2.05, 4.69) is 29.4 Å². The Hall–Kier alpha value is -1.95. The van der Waals surface area contributed by atoms with Gasteiger partial charge >= 0.3 is 0 Å². The summed E-state index contributed by atoms with van der Waals surface area (Å²) in [5, 5.41) is 12.1. The highest BCUT2D eigenvalue weighted by molar-refractivity contribution is 5.61. The van der Waals surface area contributed by atoms with Crippen molar-refractivity contribution in [1.29, 1.82) is 0 Å². The number of tetrazole rings is 1. The average Bonchev–Trinajstić information content (AvgIpc) is 2.87. The van der Waals surface area contributed by atoms with Gasteiger partial charge in [0.05, 0.1) is 12.6 Å². The van der Waals surface area contributed by atoms with E-state index in [0.717, 1.165) is 22.6 Å². The normalized spacial score (nSPS) is 12.8. The molecule has 0 spiro atoms. The number of rotatable bonds is 5. The number of hydrogen-bond donors (Lipinski definition) is 1. The smallest absolute Gasteiger partial charge is 0.182 e. The predicted molar refractivity (Wildman–Crippen MR) is 78.2 cm³/mol. The summed E-state index contributed by atoms with van der Waals surface area (Å²) in [6.45, 7) is 6.80. The Morgan fingerprint density at radius 2 is 2.10 bits per heavy atom. The van der Waals surface area contributed by atoms with Crippen LogP contribution in [-0.4, -0.2) is 33.9 Å². The summed E-state index contributed by atoms with van der Waals surface area (Å²) in [6, 6.07) is 5.92. The van der Waals surface area contributed by atoms with Gasteiger partial charge in [-0.2, -0.15) is 0 Å². The molecule has 0 aliphatic rings. The Morgan fingerprint density at radius 1 is 1.35 bits per heavy atom. The minimum absolute atomic E-state index is 0.0999. The van der Waals surface area contributed by atoms with Gasteiger partial charge in [-0.3, -0.25) is 0 Å². The third kappa shape index (κ3) is 2.80. The summed E-state index contributed by atoms with van der Waals surface area (Å²) < 4.78 is 7.12. The quantitative estimate of drug-likeness (QED) is 0.845. The van der Waals surface area contributed by atoms with Crippen LogP contribution in [-0.2, 0) is 4.74 Å². The van der Waals surface area contributed by atoms with Gasteiger partial charge in [0.1, 0.15) is 0 Å². The van der Waals surface area contributed by atoms with Crippen molar-refractivity contribution in [3.8, 4) is 11.4 Å². The van der Waals surface area contributed by atoms with E-state index in [1.807, 2.05) is 29.8 Å². The first-order chi connectivity index (χ1) is 9.54. The van der Waals surface area contributed by atoms with Crippen molar-refractivity contribution in [1.82, 2.24) is 20.2 Å². The fraction of sp³-hybridized carbons (Fsp3) is 0.500. The van der Waals surface area contributed by atoms with Crippen molar-refractivity contribution in [3.05, 3.63) is 23.8 Å². The van der Waals surface area contributed by atoms with Crippen LogP contribution in [0.5, 0.6) is 0 Å². The second-order valence-corrected chi connectivity index (χ2v) is 5.29. The maximum absolute atomic E-state index is 5.86. The predicted octanol–water partition coefficient (Wildman–Crippen LogP) is 2.07. The van der Waals surface area contributed by atoms with Crippen LogP contribution in [0.15, 0.2) is 18.2 Å². The summed E-state index contributed by atoms with van der Waals surface area (Å²) in [5.74, 6) is 1.11. The second-order valence-electron chi connectivity index (χ2n) is 5.29. The summed E-state index contributed by atoms with van der Waals surface area (Å²) in [6.07, 6.45) is 0. The summed E-state index contributed by atoms with van der Waals surface area (Å²) in [7, 11) is 1.69. The summed E-state index contributed by atoms with van der Waals surface area (Å²) >= 11 is 0. The van der Waals surface area contributed by atoms with E-state index in [1.54, 1.807) is 7.11 Å². The lowest BCUT2D eigenvalue weighted by atomic mass is 10.0. The number of nitrogen functional groups attached to an aromatic ring is 1. The molecule has 1 atom stereocenters. The highest BCUT2D eigenvalue weighted by Gasteiger charge is 2.21. The maximum Gasteiger partial charge on any atom is 0.182 e. The molecule has 2 aromatic rings. The van der Waals surface area contributed by atoms with E-state index in [9.17, 15) is 0 Å². The molecule has 0 aliphatic carbocycles. The standard InChI is InChI=1S/C14H21N5O/c1-9(2)13(8-20-4)19-14(16-17-18-19)11-5-6-12(15)10(3)7-11/h5-7,9,13H,8,15H2,1-4H3. The molecule has 0 amide bonds. The van der Waals surface area contributed by atoms with Gasteiger partial charge in [0, 0.05) is 18.4 Å². The first-order valence-electron chi connectivity index (χ1n) is 6.68. The highest BCUT2D eigenvalue weighted by atomic mass is 16.5. The van der Waals surface area contributed by atoms with Gasteiger partial charge < -0.3 is 10.5 Å². The van der Waals surface area contributed by atoms with Gasteiger partial charge in [0.15, 0.2) is 5.82 Å². The molecule has 1 heterocycles. The molecule has 20 heavy (non-hydrogen) atoms. The number of nitrogens with two attached hydrogens (primary N) is 1. The van der Waals surface area contributed by atoms with Gasteiger partial charge in [-0.05, 0) is 47.0 Å². The zero-order valence-corrected chi connectivity index (χ0v) is 12.4. The fourth-order valence-electron chi connectivity index (χ4n) is 2.14. The molecule has 108 valence electrons. The number of methoxy groups -OCH3 is 1. The van der Waals surface area contributed by atoms with Crippen molar-refractivity contribution in [3.63, 3.8) is 0 Å². The average molecular weight is 275 g/mol. The molecular formula is C14H21N5O. The molecule has 2 N–H and O–H groups in total. The molecule has 0 bridgehead atoms. The minimum atomic E-state index is 0.0999. The maximum atomic E-state index is 5.86. The van der Waals surface area contributed by atoms with Crippen molar-refractivity contribution >= 4 is 5.69 Å². The summed E-state index contributed by atoms with van der Waals surface area (Å²) in [5.41, 5.74) is 8.61. The number of aryl methyl sites for hydroxylation is 1. The van der Waals surface area contributed by atoms with E-state index in [-0.39, 0.29) is 6.04 Å². The largest absolute Gasteiger partial charge is 0.399 e. The fourth-order valence-corrected chi connectivity index (χ4v) is 2.14. The number of nitrogens with zero attached hydrogens (tertiary/aromatic N) is 4. The van der Waals surface area contributed by atoms with Crippen LogP contribution in [0.1, 0.15) is 25.5 Å². The SMILES string of the molecule is COCC(C(C)C)n1nnnc1-c1ccc(N)c(C)c1. The van der Waals surface area contributed by atoms with Gasteiger partial charge in [-0.25, -0.2) is 4.68 Å². The topological polar surface area (TPSA) is 78.8 Å². The zero-order valence-electron chi connectivity index (χ0n) is 12.4. The van der Waals surface area contributed by atoms with Gasteiger partial charge in [-0.15, -0.1) is 5.10 Å². The first kappa shape index (κ1) is 14.5. The zero-order chi connectivity index (χ0) is 14.7. The van der Waals surface area contributed by atoms with Crippen LogP contribution < -0.4 is 5.73 Å². The van der Waals surface area contributed by atoms with Gasteiger partial charge in [0.2, 0.25) is 0 Å². The minimum Gasteiger partial charge on any atom is -0.399 e. The van der Waals surface area contributed by atoms with Crippen molar-refractivity contribution in [2.24, 2.45) is 5.92 Å². The molecule has 0 saturated heterocycles. The highest BCUT2D eigenvalue weighted by Crippen LogP contribution is 2.26. The first-order valence-corrected chi connectivity index (χ1v) is 6.68. The molecule has 1 unspecified atom stereocenters. The molecule has 1 aromatic heterocycles. The van der Waals surface area contributed by atoms with E-state index in [0.29, 0.717) is 12.5 Å². The molecule has 0 fully saturated rings. The van der Waals surface area contributed by atoms with Crippen molar-refractivity contribution in [2.45, 2.75) is 26.8 Å². The molecule has 6 heteroatoms. The second kappa shape index (κ2) is 6.00. The van der Waals surface area contributed by atoms with Crippen LogP contribution in [0.4, 0.5) is 5.69 Å². The van der Waals surface area contributed by atoms with Crippen molar-refractivity contribution < 1.29 is 4.74 Å². The molecule has 0 aliphatic heterocycles. The third-order valence-electron chi connectivity index (χ3n) is 3.44. The van der Waals surface area contributed by atoms with Crippen LogP contribution in [0.3, 0.4) is 0 Å². The number of ether oxygens (including phenoxy) is 1. The van der Waals surface area contributed by atoms with Crippen LogP contribution in [0.2, 0.25) is 0 Å². The van der Waals surface area contributed by atoms with Gasteiger partial charge in [0.25, 0.3) is 0 Å². The Balaban J connectivity index is 2.43. The molecular weight excluding hydrogens is 254 g/mol. The number of anilines is 1. The Kier molecular flexibility index (Phi) is 4.34. The Labute approximate surface area is 118 Å². The van der Waals surface area contributed by atoms with E-state index in [4.69, 9.17) is 10.5 Å². The van der Waals surface area contributed by atoms with Crippen LogP contribution >= 0.6 is 0 Å². The number of benzene rings is 1. The van der Waals surface area contributed by atoms with Crippen LogP contribution in [0, 0.1) is 12.8 Å². The lowest BCUT2D eigenvalue weighted by Crippen LogP contribution is -2.22.